The lowest BCUT2D eigenvalue weighted by Gasteiger charge is -2.12. The molecule has 0 aromatic heterocycles. The molecule has 0 unspecified atom stereocenters. The number of anilines is 2. The van der Waals surface area contributed by atoms with Gasteiger partial charge in [0.2, 0.25) is 5.91 Å². The zero-order chi connectivity index (χ0) is 15.9. The highest BCUT2D eigenvalue weighted by molar-refractivity contribution is 5.95. The smallest absolute Gasteiger partial charge is 0.243 e. The van der Waals surface area contributed by atoms with Crippen molar-refractivity contribution in [3.63, 3.8) is 0 Å². The molecule has 0 fully saturated rings. The van der Waals surface area contributed by atoms with Crippen LogP contribution in [0.2, 0.25) is 0 Å². The van der Waals surface area contributed by atoms with Crippen LogP contribution in [0.25, 0.3) is 0 Å². The van der Waals surface area contributed by atoms with Gasteiger partial charge in [0.05, 0.1) is 26.5 Å². The summed E-state index contributed by atoms with van der Waals surface area (Å²) in [6.07, 6.45) is 0. The Bertz CT molecular complexity index is 656. The summed E-state index contributed by atoms with van der Waals surface area (Å²) in [4.78, 5) is 12.1. The van der Waals surface area contributed by atoms with Gasteiger partial charge in [0.25, 0.3) is 0 Å². The summed E-state index contributed by atoms with van der Waals surface area (Å²) in [7, 11) is 3.19. The van der Waals surface area contributed by atoms with Gasteiger partial charge in [0, 0.05) is 11.8 Å². The molecule has 0 spiro atoms. The van der Waals surface area contributed by atoms with Crippen molar-refractivity contribution in [3.8, 4) is 11.5 Å². The van der Waals surface area contributed by atoms with E-state index in [9.17, 15) is 4.79 Å². The molecule has 0 heterocycles. The van der Waals surface area contributed by atoms with Gasteiger partial charge < -0.3 is 20.1 Å². The first-order chi connectivity index (χ1) is 10.6. The van der Waals surface area contributed by atoms with Crippen molar-refractivity contribution in [3.05, 3.63) is 48.0 Å². The average Bonchev–Trinajstić information content (AvgIpc) is 2.53. The molecule has 2 N–H and O–H groups in total. The topological polar surface area (TPSA) is 59.6 Å². The van der Waals surface area contributed by atoms with E-state index in [1.165, 1.54) is 0 Å². The number of hydrogen-bond acceptors (Lipinski definition) is 4. The molecule has 2 aromatic carbocycles. The number of amides is 1. The zero-order valence-corrected chi connectivity index (χ0v) is 13.0. The highest BCUT2D eigenvalue weighted by atomic mass is 16.5. The molecule has 0 saturated carbocycles. The quantitative estimate of drug-likeness (QED) is 0.861. The average molecular weight is 300 g/mol. The first-order valence-corrected chi connectivity index (χ1v) is 6.95. The number of aryl methyl sites for hydroxylation is 1. The summed E-state index contributed by atoms with van der Waals surface area (Å²) in [5.41, 5.74) is 2.54. The van der Waals surface area contributed by atoms with Crippen molar-refractivity contribution in [2.24, 2.45) is 0 Å². The van der Waals surface area contributed by atoms with Crippen molar-refractivity contribution in [2.75, 3.05) is 31.4 Å². The van der Waals surface area contributed by atoms with E-state index in [4.69, 9.17) is 9.47 Å². The Labute approximate surface area is 130 Å². The minimum atomic E-state index is -0.147. The van der Waals surface area contributed by atoms with Crippen LogP contribution in [0.5, 0.6) is 11.5 Å². The lowest BCUT2D eigenvalue weighted by atomic mass is 10.2. The fourth-order valence-corrected chi connectivity index (χ4v) is 2.03. The summed E-state index contributed by atoms with van der Waals surface area (Å²) < 4.78 is 10.4. The molecule has 0 radical (unpaired) electrons. The largest absolute Gasteiger partial charge is 0.497 e. The monoisotopic (exact) mass is 300 g/mol. The van der Waals surface area contributed by atoms with Gasteiger partial charge in [0.15, 0.2) is 0 Å². The van der Waals surface area contributed by atoms with Crippen LogP contribution in [0.4, 0.5) is 11.4 Å². The van der Waals surface area contributed by atoms with Crippen molar-refractivity contribution in [2.45, 2.75) is 6.92 Å². The minimum absolute atomic E-state index is 0.147. The van der Waals surface area contributed by atoms with Crippen LogP contribution in [-0.4, -0.2) is 26.7 Å². The van der Waals surface area contributed by atoms with Gasteiger partial charge in [-0.15, -0.1) is 0 Å². The minimum Gasteiger partial charge on any atom is -0.497 e. The lowest BCUT2D eigenvalue weighted by Crippen LogP contribution is -2.22. The number of carbonyl (C=O) groups excluding carboxylic acids is 1. The van der Waals surface area contributed by atoms with E-state index in [1.54, 1.807) is 14.2 Å². The Kier molecular flexibility index (Phi) is 5.25. The number of benzene rings is 2. The number of methoxy groups -OCH3 is 2. The number of carbonyl (C=O) groups is 1. The molecule has 0 aliphatic rings. The maximum Gasteiger partial charge on any atom is 0.243 e. The third-order valence-corrected chi connectivity index (χ3v) is 3.15. The van der Waals surface area contributed by atoms with E-state index < -0.39 is 0 Å². The van der Waals surface area contributed by atoms with Gasteiger partial charge in [-0.05, 0) is 36.8 Å². The molecule has 116 valence electrons. The number of rotatable bonds is 6. The molecule has 5 nitrogen and oxygen atoms in total. The molecule has 1 amide bonds. The van der Waals surface area contributed by atoms with Crippen molar-refractivity contribution in [1.82, 2.24) is 0 Å². The number of ether oxygens (including phenoxy) is 2. The Hall–Kier alpha value is -2.69. The van der Waals surface area contributed by atoms with Crippen LogP contribution in [0.15, 0.2) is 42.5 Å². The van der Waals surface area contributed by atoms with Crippen LogP contribution in [0.3, 0.4) is 0 Å². The Morgan fingerprint density at radius 1 is 1.09 bits per heavy atom. The van der Waals surface area contributed by atoms with E-state index in [1.807, 2.05) is 49.4 Å². The zero-order valence-electron chi connectivity index (χ0n) is 13.0. The summed E-state index contributed by atoms with van der Waals surface area (Å²) in [6.45, 7) is 2.12. The molecular weight excluding hydrogens is 280 g/mol. The van der Waals surface area contributed by atoms with Crippen molar-refractivity contribution < 1.29 is 14.3 Å². The second kappa shape index (κ2) is 7.36. The summed E-state index contributed by atoms with van der Waals surface area (Å²) in [6, 6.07) is 13.1. The molecule has 0 bridgehead atoms. The Morgan fingerprint density at radius 2 is 1.91 bits per heavy atom. The van der Waals surface area contributed by atoms with E-state index in [0.717, 1.165) is 17.0 Å². The molecule has 0 aliphatic carbocycles. The predicted molar refractivity (Wildman–Crippen MR) is 87.8 cm³/mol. The molecular formula is C17H20N2O3. The lowest BCUT2D eigenvalue weighted by molar-refractivity contribution is -0.114. The molecule has 5 heteroatoms. The second-order valence-corrected chi connectivity index (χ2v) is 4.84. The molecule has 2 rings (SSSR count). The Balaban J connectivity index is 1.97. The van der Waals surface area contributed by atoms with Gasteiger partial charge in [-0.3, -0.25) is 4.79 Å². The van der Waals surface area contributed by atoms with E-state index >= 15 is 0 Å². The highest BCUT2D eigenvalue weighted by Crippen LogP contribution is 2.25. The Morgan fingerprint density at radius 3 is 2.64 bits per heavy atom. The maximum absolute atomic E-state index is 12.1. The van der Waals surface area contributed by atoms with E-state index in [2.05, 4.69) is 10.6 Å². The first-order valence-electron chi connectivity index (χ1n) is 6.95. The molecule has 0 atom stereocenters. The predicted octanol–water partition coefficient (Wildman–Crippen LogP) is 3.06. The molecule has 2 aromatic rings. The molecule has 0 saturated heterocycles. The van der Waals surface area contributed by atoms with Gasteiger partial charge >= 0.3 is 0 Å². The van der Waals surface area contributed by atoms with E-state index in [0.29, 0.717) is 11.4 Å². The van der Waals surface area contributed by atoms with Crippen LogP contribution in [0.1, 0.15) is 5.56 Å². The standard InChI is InChI=1S/C17H20N2O3/c1-12-7-8-16(22-3)15(9-12)19-17(20)11-18-13-5-4-6-14(10-13)21-2/h4-10,18H,11H2,1-3H3,(H,19,20). The SMILES string of the molecule is COc1cccc(NCC(=O)Nc2cc(C)ccc2OC)c1. The second-order valence-electron chi connectivity index (χ2n) is 4.84. The van der Waals surface area contributed by atoms with Crippen LogP contribution in [0, 0.1) is 6.92 Å². The van der Waals surface area contributed by atoms with E-state index in [-0.39, 0.29) is 12.5 Å². The van der Waals surface area contributed by atoms with Gasteiger partial charge in [-0.1, -0.05) is 12.1 Å². The first kappa shape index (κ1) is 15.7. The number of nitrogens with one attached hydrogen (secondary N) is 2. The fraction of sp³-hybridized carbons (Fsp3) is 0.235. The van der Waals surface area contributed by atoms with Crippen LogP contribution in [-0.2, 0) is 4.79 Å². The fourth-order valence-electron chi connectivity index (χ4n) is 2.03. The van der Waals surface area contributed by atoms with Crippen LogP contribution >= 0.6 is 0 Å². The number of hydrogen-bond donors (Lipinski definition) is 2. The van der Waals surface area contributed by atoms with Gasteiger partial charge in [-0.2, -0.15) is 0 Å². The van der Waals surface area contributed by atoms with Crippen LogP contribution < -0.4 is 20.1 Å². The van der Waals surface area contributed by atoms with Crippen molar-refractivity contribution in [1.29, 1.82) is 0 Å². The highest BCUT2D eigenvalue weighted by Gasteiger charge is 2.08. The van der Waals surface area contributed by atoms with Crippen molar-refractivity contribution >= 4 is 17.3 Å². The molecule has 22 heavy (non-hydrogen) atoms. The third-order valence-electron chi connectivity index (χ3n) is 3.15. The van der Waals surface area contributed by atoms with Gasteiger partial charge in [-0.25, -0.2) is 0 Å². The normalized spacial score (nSPS) is 9.95. The summed E-state index contributed by atoms with van der Waals surface area (Å²) in [5.74, 6) is 1.23. The summed E-state index contributed by atoms with van der Waals surface area (Å²) >= 11 is 0. The maximum atomic E-state index is 12.1. The molecule has 0 aliphatic heterocycles. The third kappa shape index (κ3) is 4.15. The summed E-state index contributed by atoms with van der Waals surface area (Å²) in [5, 5.41) is 5.90. The van der Waals surface area contributed by atoms with Gasteiger partial charge in [0.1, 0.15) is 11.5 Å².